The molecule has 0 fully saturated rings. The first-order valence-corrected chi connectivity index (χ1v) is 9.84. The van der Waals surface area contributed by atoms with Gasteiger partial charge in [-0.25, -0.2) is 4.79 Å². The van der Waals surface area contributed by atoms with Gasteiger partial charge in [0.15, 0.2) is 0 Å². The molecule has 0 spiro atoms. The molecule has 1 heterocycles. The molecule has 3 rings (SSSR count). The minimum atomic E-state index is -0.340. The highest BCUT2D eigenvalue weighted by Gasteiger charge is 2.21. The predicted octanol–water partition coefficient (Wildman–Crippen LogP) is 3.56. The molecule has 1 aliphatic heterocycles. The van der Waals surface area contributed by atoms with Crippen molar-refractivity contribution in [2.45, 2.75) is 23.8 Å². The van der Waals surface area contributed by atoms with Crippen molar-refractivity contribution in [3.8, 4) is 5.75 Å². The van der Waals surface area contributed by atoms with Crippen LogP contribution in [0.4, 0.5) is 10.5 Å². The van der Waals surface area contributed by atoms with Crippen LogP contribution in [0.5, 0.6) is 5.75 Å². The fourth-order valence-electron chi connectivity index (χ4n) is 2.90. The molecule has 2 aromatic rings. The summed E-state index contributed by atoms with van der Waals surface area (Å²) in [5.74, 6) is 1.65. The van der Waals surface area contributed by atoms with Crippen molar-refractivity contribution in [1.29, 1.82) is 0 Å². The van der Waals surface area contributed by atoms with Crippen molar-refractivity contribution in [2.75, 3.05) is 24.7 Å². The van der Waals surface area contributed by atoms with Gasteiger partial charge in [0.1, 0.15) is 5.75 Å². The fourth-order valence-corrected chi connectivity index (χ4v) is 4.02. The number of hydrogen-bond acceptors (Lipinski definition) is 4. The number of rotatable bonds is 6. The van der Waals surface area contributed by atoms with E-state index in [1.54, 1.807) is 31.4 Å². The van der Waals surface area contributed by atoms with Gasteiger partial charge < -0.3 is 20.7 Å². The molecule has 7 heteroatoms. The Kier molecular flexibility index (Phi) is 6.59. The van der Waals surface area contributed by atoms with E-state index in [0.29, 0.717) is 5.69 Å². The standard InChI is InChI=1S/C20H23N3O3S/c1-26-15-8-6-14(7-9-15)22-20(25)21-12-10-19(24)23-17-11-13-27-18-5-3-2-4-16(17)18/h2-9,17H,10-13H2,1H3,(H,23,24)(H2,21,22,25)/t17-/m0/s1. The molecule has 1 aliphatic rings. The molecular weight excluding hydrogens is 362 g/mol. The summed E-state index contributed by atoms with van der Waals surface area (Å²) in [4.78, 5) is 25.4. The first-order valence-electron chi connectivity index (χ1n) is 8.85. The number of ether oxygens (including phenoxy) is 1. The number of amides is 3. The van der Waals surface area contributed by atoms with E-state index in [-0.39, 0.29) is 30.9 Å². The van der Waals surface area contributed by atoms with Crippen LogP contribution in [0.25, 0.3) is 0 Å². The molecular formula is C20H23N3O3S. The Morgan fingerprint density at radius 1 is 1.15 bits per heavy atom. The topological polar surface area (TPSA) is 79.5 Å². The molecule has 0 saturated heterocycles. The molecule has 1 atom stereocenters. The number of carbonyl (C=O) groups excluding carboxylic acids is 2. The highest BCUT2D eigenvalue weighted by Crippen LogP contribution is 2.35. The second-order valence-electron chi connectivity index (χ2n) is 6.15. The quantitative estimate of drug-likeness (QED) is 0.710. The Morgan fingerprint density at radius 2 is 1.93 bits per heavy atom. The minimum absolute atomic E-state index is 0.0445. The van der Waals surface area contributed by atoms with Crippen molar-refractivity contribution in [3.05, 3.63) is 54.1 Å². The monoisotopic (exact) mass is 385 g/mol. The molecule has 142 valence electrons. The first-order chi connectivity index (χ1) is 13.2. The number of methoxy groups -OCH3 is 1. The summed E-state index contributed by atoms with van der Waals surface area (Å²) >= 11 is 1.82. The average molecular weight is 385 g/mol. The number of thioether (sulfide) groups is 1. The van der Waals surface area contributed by atoms with Gasteiger partial charge in [-0.1, -0.05) is 18.2 Å². The van der Waals surface area contributed by atoms with E-state index in [0.717, 1.165) is 17.9 Å². The van der Waals surface area contributed by atoms with E-state index in [4.69, 9.17) is 4.74 Å². The van der Waals surface area contributed by atoms with Crippen molar-refractivity contribution in [3.63, 3.8) is 0 Å². The Labute approximate surface area is 163 Å². The molecule has 27 heavy (non-hydrogen) atoms. The normalized spacial score (nSPS) is 15.4. The lowest BCUT2D eigenvalue weighted by Gasteiger charge is -2.25. The number of carbonyl (C=O) groups is 2. The summed E-state index contributed by atoms with van der Waals surface area (Å²) < 4.78 is 5.08. The van der Waals surface area contributed by atoms with Gasteiger partial charge in [0.2, 0.25) is 5.91 Å². The molecule has 0 bridgehead atoms. The molecule has 6 nitrogen and oxygen atoms in total. The van der Waals surface area contributed by atoms with Gasteiger partial charge in [0.25, 0.3) is 0 Å². The van der Waals surface area contributed by atoms with Crippen LogP contribution < -0.4 is 20.7 Å². The number of hydrogen-bond donors (Lipinski definition) is 3. The summed E-state index contributed by atoms with van der Waals surface area (Å²) in [6, 6.07) is 14.9. The van der Waals surface area contributed by atoms with Crippen LogP contribution in [0, 0.1) is 0 Å². The van der Waals surface area contributed by atoms with Crippen LogP contribution in [0.2, 0.25) is 0 Å². The van der Waals surface area contributed by atoms with Crippen molar-refractivity contribution in [2.24, 2.45) is 0 Å². The van der Waals surface area contributed by atoms with Gasteiger partial charge in [-0.05, 0) is 42.3 Å². The summed E-state index contributed by atoms with van der Waals surface area (Å²) in [6.07, 6.45) is 1.15. The second-order valence-corrected chi connectivity index (χ2v) is 7.29. The highest BCUT2D eigenvalue weighted by molar-refractivity contribution is 7.99. The van der Waals surface area contributed by atoms with Gasteiger partial charge >= 0.3 is 6.03 Å². The summed E-state index contributed by atoms with van der Waals surface area (Å²) in [5, 5.41) is 8.50. The maximum absolute atomic E-state index is 12.2. The van der Waals surface area contributed by atoms with Gasteiger partial charge in [-0.2, -0.15) is 0 Å². The van der Waals surface area contributed by atoms with Gasteiger partial charge in [0.05, 0.1) is 13.2 Å². The summed E-state index contributed by atoms with van der Waals surface area (Å²) in [6.45, 7) is 0.275. The fraction of sp³-hybridized carbons (Fsp3) is 0.300. The number of fused-ring (bicyclic) bond motifs is 1. The zero-order chi connectivity index (χ0) is 19.1. The van der Waals surface area contributed by atoms with Crippen LogP contribution >= 0.6 is 11.8 Å². The third-order valence-corrected chi connectivity index (χ3v) is 5.40. The lowest BCUT2D eigenvalue weighted by atomic mass is 10.0. The molecule has 0 unspecified atom stereocenters. The molecule has 3 amide bonds. The Hall–Kier alpha value is -2.67. The Bertz CT molecular complexity index is 795. The van der Waals surface area contributed by atoms with Crippen molar-refractivity contribution < 1.29 is 14.3 Å². The number of anilines is 1. The largest absolute Gasteiger partial charge is 0.497 e. The van der Waals surface area contributed by atoms with Crippen molar-refractivity contribution in [1.82, 2.24) is 10.6 Å². The van der Waals surface area contributed by atoms with Gasteiger partial charge in [0, 0.05) is 29.3 Å². The third-order valence-electron chi connectivity index (χ3n) is 4.28. The first kappa shape index (κ1) is 19.1. The number of nitrogens with one attached hydrogen (secondary N) is 3. The predicted molar refractivity (Wildman–Crippen MR) is 107 cm³/mol. The van der Waals surface area contributed by atoms with Crippen LogP contribution in [0.15, 0.2) is 53.4 Å². The third kappa shape index (κ3) is 5.40. The van der Waals surface area contributed by atoms with E-state index in [2.05, 4.69) is 28.1 Å². The van der Waals surface area contributed by atoms with Crippen LogP contribution in [-0.4, -0.2) is 31.3 Å². The van der Waals surface area contributed by atoms with Crippen LogP contribution in [-0.2, 0) is 4.79 Å². The molecule has 0 aromatic heterocycles. The van der Waals surface area contributed by atoms with Gasteiger partial charge in [-0.15, -0.1) is 11.8 Å². The minimum Gasteiger partial charge on any atom is -0.497 e. The van der Waals surface area contributed by atoms with E-state index < -0.39 is 0 Å². The summed E-state index contributed by atoms with van der Waals surface area (Å²) in [5.41, 5.74) is 1.83. The Balaban J connectivity index is 1.41. The molecule has 0 radical (unpaired) electrons. The zero-order valence-corrected chi connectivity index (χ0v) is 16.0. The summed E-state index contributed by atoms with van der Waals surface area (Å²) in [7, 11) is 1.59. The van der Waals surface area contributed by atoms with Crippen molar-refractivity contribution >= 4 is 29.4 Å². The smallest absolute Gasteiger partial charge is 0.319 e. The van der Waals surface area contributed by atoms with Crippen LogP contribution in [0.3, 0.4) is 0 Å². The van der Waals surface area contributed by atoms with E-state index >= 15 is 0 Å². The highest BCUT2D eigenvalue weighted by atomic mass is 32.2. The molecule has 3 N–H and O–H groups in total. The molecule has 0 saturated carbocycles. The maximum atomic E-state index is 12.2. The Morgan fingerprint density at radius 3 is 2.70 bits per heavy atom. The lowest BCUT2D eigenvalue weighted by Crippen LogP contribution is -2.35. The lowest BCUT2D eigenvalue weighted by molar-refractivity contribution is -0.121. The SMILES string of the molecule is COc1ccc(NC(=O)NCCC(=O)N[C@H]2CCSc3ccccc32)cc1. The number of benzene rings is 2. The zero-order valence-electron chi connectivity index (χ0n) is 15.2. The van der Waals surface area contributed by atoms with E-state index in [1.165, 1.54) is 10.5 Å². The molecule has 0 aliphatic carbocycles. The molecule has 2 aromatic carbocycles. The maximum Gasteiger partial charge on any atom is 0.319 e. The number of urea groups is 1. The second kappa shape index (κ2) is 9.32. The van der Waals surface area contributed by atoms with E-state index in [9.17, 15) is 9.59 Å². The van der Waals surface area contributed by atoms with Gasteiger partial charge in [-0.3, -0.25) is 4.79 Å². The average Bonchev–Trinajstić information content (AvgIpc) is 2.69. The van der Waals surface area contributed by atoms with E-state index in [1.807, 2.05) is 23.9 Å². The van der Waals surface area contributed by atoms with Crippen LogP contribution in [0.1, 0.15) is 24.4 Å².